The molecule has 3 saturated carbocycles. The van der Waals surface area contributed by atoms with Crippen molar-refractivity contribution in [3.8, 4) is 5.75 Å². The van der Waals surface area contributed by atoms with Gasteiger partial charge in [-0.05, 0) is 73.9 Å². The number of aromatic nitrogens is 3. The van der Waals surface area contributed by atoms with Crippen molar-refractivity contribution in [2.45, 2.75) is 56.0 Å². The lowest BCUT2D eigenvalue weighted by molar-refractivity contribution is -0.338. The third-order valence-corrected chi connectivity index (χ3v) is 8.12. The number of nitrogens with zero attached hydrogens (tertiary/aromatic N) is 3. The predicted octanol–water partition coefficient (Wildman–Crippen LogP) is 5.86. The minimum absolute atomic E-state index is 0.0580. The van der Waals surface area contributed by atoms with Crippen molar-refractivity contribution in [2.24, 2.45) is 5.41 Å². The van der Waals surface area contributed by atoms with Gasteiger partial charge in [0, 0.05) is 30.3 Å². The van der Waals surface area contributed by atoms with Crippen LogP contribution in [0.5, 0.6) is 5.75 Å². The van der Waals surface area contributed by atoms with Crippen LogP contribution in [0, 0.1) is 5.41 Å². The maximum Gasteiger partial charge on any atom is 0.573 e. The fourth-order valence-electron chi connectivity index (χ4n) is 6.24. The van der Waals surface area contributed by atoms with Crippen LogP contribution in [0.4, 0.5) is 26.3 Å². The first kappa shape index (κ1) is 24.1. The highest BCUT2D eigenvalue weighted by molar-refractivity contribution is 5.94. The van der Waals surface area contributed by atoms with Gasteiger partial charge < -0.3 is 14.6 Å². The van der Waals surface area contributed by atoms with Crippen LogP contribution in [0.25, 0.3) is 11.2 Å². The van der Waals surface area contributed by atoms with Crippen molar-refractivity contribution < 1.29 is 35.9 Å². The van der Waals surface area contributed by atoms with E-state index in [-0.39, 0.29) is 36.7 Å². The molecule has 6 nitrogen and oxygen atoms in total. The Morgan fingerprint density at radius 1 is 1.00 bits per heavy atom. The number of fused-ring (bicyclic) bond motifs is 1. The molecule has 2 aromatic heterocycles. The van der Waals surface area contributed by atoms with Crippen LogP contribution in [0.1, 0.15) is 59.8 Å². The van der Waals surface area contributed by atoms with E-state index < -0.39 is 29.1 Å². The first-order valence-electron chi connectivity index (χ1n) is 12.0. The second-order valence-electron chi connectivity index (χ2n) is 10.4. The molecule has 1 N–H and O–H groups in total. The van der Waals surface area contributed by atoms with Crippen LogP contribution in [0.3, 0.4) is 0 Å². The maximum atomic E-state index is 13.3. The zero-order valence-corrected chi connectivity index (χ0v) is 19.4. The molecule has 3 aromatic rings. The van der Waals surface area contributed by atoms with E-state index in [1.807, 2.05) is 6.07 Å². The van der Waals surface area contributed by atoms with Crippen molar-refractivity contribution in [2.75, 3.05) is 13.1 Å². The smallest absolute Gasteiger partial charge is 0.406 e. The zero-order chi connectivity index (χ0) is 26.2. The molecule has 1 aromatic carbocycles. The highest BCUT2D eigenvalue weighted by atomic mass is 19.4. The number of pyridine rings is 1. The van der Waals surface area contributed by atoms with E-state index in [9.17, 15) is 31.1 Å². The topological polar surface area (TPSA) is 71.1 Å². The lowest BCUT2D eigenvalue weighted by Gasteiger charge is -2.69. The Bertz CT molecular complexity index is 1340. The average molecular weight is 524 g/mol. The zero-order valence-electron chi connectivity index (χ0n) is 19.4. The average Bonchev–Trinajstić information content (AvgIpc) is 3.19. The number of nitrogens with one attached hydrogen (secondary N) is 1. The molecule has 1 saturated heterocycles. The van der Waals surface area contributed by atoms with Crippen LogP contribution >= 0.6 is 0 Å². The number of piperidine rings is 1. The lowest BCUT2D eigenvalue weighted by atomic mass is 9.34. The number of likely N-dealkylation sites (tertiary alicyclic amines) is 1. The molecule has 0 atom stereocenters. The summed E-state index contributed by atoms with van der Waals surface area (Å²) in [5.74, 6) is -0.00199. The number of benzene rings is 1. The highest BCUT2D eigenvalue weighted by Gasteiger charge is 2.79. The fourth-order valence-corrected chi connectivity index (χ4v) is 6.24. The molecule has 0 unspecified atom stereocenters. The number of amides is 1. The van der Waals surface area contributed by atoms with Gasteiger partial charge >= 0.3 is 12.5 Å². The number of alkyl halides is 6. The second kappa shape index (κ2) is 7.84. The summed E-state index contributed by atoms with van der Waals surface area (Å²) in [6, 6.07) is 6.72. The highest BCUT2D eigenvalue weighted by Crippen LogP contribution is 2.78. The molecule has 2 bridgehead atoms. The van der Waals surface area contributed by atoms with Gasteiger partial charge in [0.15, 0.2) is 5.65 Å². The predicted molar refractivity (Wildman–Crippen MR) is 119 cm³/mol. The summed E-state index contributed by atoms with van der Waals surface area (Å²) < 4.78 is 80.7. The van der Waals surface area contributed by atoms with Crippen LogP contribution < -0.4 is 4.74 Å². The first-order chi connectivity index (χ1) is 17.4. The van der Waals surface area contributed by atoms with Gasteiger partial charge in [0.25, 0.3) is 5.91 Å². The van der Waals surface area contributed by atoms with E-state index >= 15 is 0 Å². The number of ether oxygens (including phenoxy) is 1. The Kier molecular flexibility index (Phi) is 5.10. The standard InChI is InChI=1S/C25H22F6N4O2/c26-24(27,28)23-11-22(12-23,13-23)21-33-18-17(5-8-32-19(18)34-21)14-6-9-35(10-7-14)20(36)15-1-3-16(4-2-15)37-25(29,30)31/h1-5,8,14H,6-7,9-13H2,(H,32,33,34). The van der Waals surface area contributed by atoms with Gasteiger partial charge in [0.1, 0.15) is 11.6 Å². The van der Waals surface area contributed by atoms with Gasteiger partial charge in [0.05, 0.1) is 10.9 Å². The maximum absolute atomic E-state index is 13.3. The quantitative estimate of drug-likeness (QED) is 0.434. The van der Waals surface area contributed by atoms with E-state index in [4.69, 9.17) is 0 Å². The molecule has 4 aliphatic rings. The molecule has 0 spiro atoms. The summed E-state index contributed by atoms with van der Waals surface area (Å²) in [7, 11) is 0. The van der Waals surface area contributed by atoms with Gasteiger partial charge in [-0.1, -0.05) is 0 Å². The number of carbonyl (C=O) groups is 1. The van der Waals surface area contributed by atoms with Crippen molar-refractivity contribution in [3.63, 3.8) is 0 Å². The largest absolute Gasteiger partial charge is 0.573 e. The summed E-state index contributed by atoms with van der Waals surface area (Å²) in [5, 5.41) is 0. The Balaban J connectivity index is 1.13. The molecule has 37 heavy (non-hydrogen) atoms. The van der Waals surface area contributed by atoms with Crippen LogP contribution in [0.2, 0.25) is 0 Å². The molecule has 7 rings (SSSR count). The molecule has 1 aliphatic heterocycles. The number of rotatable bonds is 4. The van der Waals surface area contributed by atoms with E-state index in [0.29, 0.717) is 37.4 Å². The van der Waals surface area contributed by atoms with E-state index in [1.165, 1.54) is 12.1 Å². The number of aromatic amines is 1. The van der Waals surface area contributed by atoms with Crippen molar-refractivity contribution in [1.29, 1.82) is 0 Å². The molecule has 4 fully saturated rings. The van der Waals surface area contributed by atoms with Crippen LogP contribution in [-0.2, 0) is 5.41 Å². The lowest BCUT2D eigenvalue weighted by Crippen LogP contribution is -2.70. The number of imidazole rings is 1. The Morgan fingerprint density at radius 2 is 1.65 bits per heavy atom. The Labute approximate surface area is 207 Å². The monoisotopic (exact) mass is 524 g/mol. The van der Waals surface area contributed by atoms with E-state index in [2.05, 4.69) is 19.7 Å². The SMILES string of the molecule is O=C(c1ccc(OC(F)(F)F)cc1)N1CCC(c2ccnc3nc(C45CC(C(F)(F)F)(C4)C5)[nH]c23)CC1. The first-order valence-corrected chi connectivity index (χ1v) is 12.0. The van der Waals surface area contributed by atoms with Crippen LogP contribution in [0.15, 0.2) is 36.5 Å². The summed E-state index contributed by atoms with van der Waals surface area (Å²) >= 11 is 0. The fraction of sp³-hybridized carbons (Fsp3) is 0.480. The second-order valence-corrected chi connectivity index (χ2v) is 10.4. The van der Waals surface area contributed by atoms with Crippen molar-refractivity contribution in [3.05, 3.63) is 53.5 Å². The summed E-state index contributed by atoms with van der Waals surface area (Å²) in [6.07, 6.45) is -5.87. The van der Waals surface area contributed by atoms with Crippen LogP contribution in [-0.4, -0.2) is 51.4 Å². The molecule has 3 aliphatic carbocycles. The van der Waals surface area contributed by atoms with Gasteiger partial charge in [-0.2, -0.15) is 13.2 Å². The third-order valence-electron chi connectivity index (χ3n) is 8.12. The summed E-state index contributed by atoms with van der Waals surface area (Å²) in [6.45, 7) is 0.903. The molecule has 0 radical (unpaired) electrons. The van der Waals surface area contributed by atoms with Crippen molar-refractivity contribution >= 4 is 17.1 Å². The summed E-state index contributed by atoms with van der Waals surface area (Å²) in [5.41, 5.74) is 0.345. The Hall–Kier alpha value is -3.31. The van der Waals surface area contributed by atoms with E-state index in [0.717, 1.165) is 23.2 Å². The third kappa shape index (κ3) is 3.91. The number of hydrogen-bond donors (Lipinski definition) is 1. The number of H-pyrrole nitrogens is 1. The minimum atomic E-state index is -4.80. The molecule has 1 amide bonds. The number of halogens is 6. The normalized spacial score (nSPS) is 26.1. The molecule has 12 heteroatoms. The van der Waals surface area contributed by atoms with Gasteiger partial charge in [-0.25, -0.2) is 9.97 Å². The summed E-state index contributed by atoms with van der Waals surface area (Å²) in [4.78, 5) is 26.7. The van der Waals surface area contributed by atoms with Gasteiger partial charge in [0.2, 0.25) is 0 Å². The molecular weight excluding hydrogens is 502 g/mol. The minimum Gasteiger partial charge on any atom is -0.406 e. The number of carbonyl (C=O) groups excluding carboxylic acids is 1. The Morgan fingerprint density at radius 3 is 2.24 bits per heavy atom. The number of hydrogen-bond acceptors (Lipinski definition) is 4. The van der Waals surface area contributed by atoms with Gasteiger partial charge in [-0.3, -0.25) is 4.79 Å². The van der Waals surface area contributed by atoms with Gasteiger partial charge in [-0.15, -0.1) is 13.2 Å². The molecular formula is C25H22F6N4O2. The van der Waals surface area contributed by atoms with E-state index in [1.54, 1.807) is 11.1 Å². The molecule has 3 heterocycles. The van der Waals surface area contributed by atoms with Crippen molar-refractivity contribution in [1.82, 2.24) is 19.9 Å². The molecule has 196 valence electrons.